The molecule has 1 radical (unpaired) electrons. The summed E-state index contributed by atoms with van der Waals surface area (Å²) in [4.78, 5) is 3.80. The van der Waals surface area contributed by atoms with E-state index in [9.17, 15) is 0 Å². The summed E-state index contributed by atoms with van der Waals surface area (Å²) in [5, 5.41) is 0.772. The third-order valence-corrected chi connectivity index (χ3v) is 1.55. The number of nitrogens with zero attached hydrogens (tertiary/aromatic N) is 1. The SMILES string of the molecule is [CH2]c1ccc(Cl)c(Cl)n1. The van der Waals surface area contributed by atoms with E-state index in [0.717, 1.165) is 0 Å². The van der Waals surface area contributed by atoms with Crippen LogP contribution in [0.5, 0.6) is 0 Å². The van der Waals surface area contributed by atoms with E-state index in [-0.39, 0.29) is 0 Å². The van der Waals surface area contributed by atoms with Crippen molar-refractivity contribution in [3.05, 3.63) is 34.9 Å². The fraction of sp³-hybridized carbons (Fsp3) is 0. The molecule has 3 heteroatoms. The molecule has 0 aromatic carbocycles. The van der Waals surface area contributed by atoms with E-state index in [1.807, 2.05) is 0 Å². The third-order valence-electron chi connectivity index (χ3n) is 0.861. The minimum absolute atomic E-state index is 0.309. The van der Waals surface area contributed by atoms with E-state index < -0.39 is 0 Å². The number of pyridine rings is 1. The topological polar surface area (TPSA) is 12.9 Å². The summed E-state index contributed by atoms with van der Waals surface area (Å²) in [5.74, 6) is 0. The molecule has 1 nitrogen and oxygen atoms in total. The van der Waals surface area contributed by atoms with Crippen molar-refractivity contribution < 1.29 is 0 Å². The van der Waals surface area contributed by atoms with Crippen molar-refractivity contribution in [2.75, 3.05) is 0 Å². The van der Waals surface area contributed by atoms with Crippen LogP contribution in [-0.4, -0.2) is 4.98 Å². The van der Waals surface area contributed by atoms with E-state index in [1.165, 1.54) is 0 Å². The molecule has 0 aliphatic heterocycles. The second-order valence-electron chi connectivity index (χ2n) is 1.58. The van der Waals surface area contributed by atoms with E-state index in [1.54, 1.807) is 12.1 Å². The summed E-state index contributed by atoms with van der Waals surface area (Å²) < 4.78 is 0. The van der Waals surface area contributed by atoms with Gasteiger partial charge in [-0.1, -0.05) is 23.2 Å². The Morgan fingerprint density at radius 3 is 2.44 bits per heavy atom. The van der Waals surface area contributed by atoms with E-state index in [2.05, 4.69) is 11.9 Å². The Kier molecular flexibility index (Phi) is 1.94. The predicted molar refractivity (Wildman–Crippen MR) is 38.7 cm³/mol. The third kappa shape index (κ3) is 1.57. The molecular formula is C6H4Cl2N. The van der Waals surface area contributed by atoms with Gasteiger partial charge in [0, 0.05) is 5.69 Å². The average molecular weight is 161 g/mol. The van der Waals surface area contributed by atoms with Crippen molar-refractivity contribution in [3.8, 4) is 0 Å². The quantitative estimate of drug-likeness (QED) is 0.532. The maximum atomic E-state index is 5.56. The molecule has 9 heavy (non-hydrogen) atoms. The highest BCUT2D eigenvalue weighted by atomic mass is 35.5. The molecule has 47 valence electrons. The van der Waals surface area contributed by atoms with Gasteiger partial charge in [-0.25, -0.2) is 4.98 Å². The molecule has 0 amide bonds. The van der Waals surface area contributed by atoms with E-state index in [4.69, 9.17) is 23.2 Å². The summed E-state index contributed by atoms with van der Waals surface area (Å²) in [6.45, 7) is 3.57. The Labute approximate surface area is 63.6 Å². The van der Waals surface area contributed by atoms with Crippen LogP contribution >= 0.6 is 23.2 Å². The first-order valence-corrected chi connectivity index (χ1v) is 3.10. The summed E-state index contributed by atoms with van der Waals surface area (Å²) >= 11 is 11.1. The van der Waals surface area contributed by atoms with Crippen LogP contribution in [0.4, 0.5) is 0 Å². The second-order valence-corrected chi connectivity index (χ2v) is 2.34. The van der Waals surface area contributed by atoms with Gasteiger partial charge in [-0.2, -0.15) is 0 Å². The van der Waals surface area contributed by atoms with Crippen molar-refractivity contribution in [2.24, 2.45) is 0 Å². The first-order chi connectivity index (χ1) is 4.20. The monoisotopic (exact) mass is 160 g/mol. The maximum Gasteiger partial charge on any atom is 0.147 e. The van der Waals surface area contributed by atoms with Gasteiger partial charge in [0.25, 0.3) is 0 Å². The van der Waals surface area contributed by atoms with Gasteiger partial charge in [0.1, 0.15) is 5.15 Å². The standard InChI is InChI=1S/C6H4Cl2N/c1-4-2-3-5(7)6(8)9-4/h2-3H,1H2. The fourth-order valence-electron chi connectivity index (χ4n) is 0.455. The summed E-state index contributed by atoms with van der Waals surface area (Å²) in [6.07, 6.45) is 0. The highest BCUT2D eigenvalue weighted by Crippen LogP contribution is 2.18. The molecule has 0 N–H and O–H groups in total. The maximum absolute atomic E-state index is 5.56. The molecule has 1 aromatic rings. The number of halogens is 2. The Morgan fingerprint density at radius 1 is 1.33 bits per heavy atom. The number of hydrogen-bond donors (Lipinski definition) is 0. The molecule has 0 unspecified atom stereocenters. The number of rotatable bonds is 0. The number of aromatic nitrogens is 1. The molecular weight excluding hydrogens is 157 g/mol. The van der Waals surface area contributed by atoms with Crippen LogP contribution in [0.1, 0.15) is 5.69 Å². The molecule has 0 atom stereocenters. The van der Waals surface area contributed by atoms with Gasteiger partial charge in [-0.3, -0.25) is 0 Å². The lowest BCUT2D eigenvalue weighted by Gasteiger charge is -1.93. The molecule has 0 bridgehead atoms. The second kappa shape index (κ2) is 2.54. The Hall–Kier alpha value is -0.270. The normalized spacial score (nSPS) is 9.67. The van der Waals surface area contributed by atoms with Gasteiger partial charge in [0.15, 0.2) is 0 Å². The minimum atomic E-state index is 0.309. The molecule has 0 saturated heterocycles. The Balaban J connectivity index is 3.17. The molecule has 1 aromatic heterocycles. The lowest BCUT2D eigenvalue weighted by atomic mass is 10.4. The predicted octanol–water partition coefficient (Wildman–Crippen LogP) is 2.57. The van der Waals surface area contributed by atoms with Crippen LogP contribution in [0.25, 0.3) is 0 Å². The minimum Gasteiger partial charge on any atom is -0.240 e. The number of hydrogen-bond acceptors (Lipinski definition) is 1. The van der Waals surface area contributed by atoms with Gasteiger partial charge in [-0.15, -0.1) is 0 Å². The van der Waals surface area contributed by atoms with Crippen molar-refractivity contribution in [3.63, 3.8) is 0 Å². The zero-order valence-electron chi connectivity index (χ0n) is 4.56. The van der Waals surface area contributed by atoms with E-state index >= 15 is 0 Å². The van der Waals surface area contributed by atoms with Crippen molar-refractivity contribution in [1.29, 1.82) is 0 Å². The Morgan fingerprint density at radius 2 is 2.00 bits per heavy atom. The van der Waals surface area contributed by atoms with Crippen LogP contribution in [0.15, 0.2) is 12.1 Å². The van der Waals surface area contributed by atoms with Crippen LogP contribution < -0.4 is 0 Å². The van der Waals surface area contributed by atoms with Crippen LogP contribution in [0.3, 0.4) is 0 Å². The van der Waals surface area contributed by atoms with Gasteiger partial charge in [0.05, 0.1) is 5.02 Å². The fourth-order valence-corrected chi connectivity index (χ4v) is 0.732. The van der Waals surface area contributed by atoms with Crippen molar-refractivity contribution >= 4 is 23.2 Å². The van der Waals surface area contributed by atoms with E-state index in [0.29, 0.717) is 15.9 Å². The summed E-state index contributed by atoms with van der Waals surface area (Å²) in [5.41, 5.74) is 0.629. The molecule has 1 heterocycles. The van der Waals surface area contributed by atoms with Gasteiger partial charge in [0.2, 0.25) is 0 Å². The smallest absolute Gasteiger partial charge is 0.147 e. The zero-order chi connectivity index (χ0) is 6.85. The summed E-state index contributed by atoms with van der Waals surface area (Å²) in [6, 6.07) is 3.37. The van der Waals surface area contributed by atoms with Crippen molar-refractivity contribution in [2.45, 2.75) is 0 Å². The molecule has 0 aliphatic carbocycles. The highest BCUT2D eigenvalue weighted by Gasteiger charge is 1.95. The first-order valence-electron chi connectivity index (χ1n) is 2.34. The largest absolute Gasteiger partial charge is 0.240 e. The first kappa shape index (κ1) is 6.84. The summed E-state index contributed by atoms with van der Waals surface area (Å²) in [7, 11) is 0. The zero-order valence-corrected chi connectivity index (χ0v) is 6.08. The molecule has 0 spiro atoms. The molecule has 0 saturated carbocycles. The molecule has 0 fully saturated rings. The van der Waals surface area contributed by atoms with Crippen molar-refractivity contribution in [1.82, 2.24) is 4.98 Å². The van der Waals surface area contributed by atoms with Crippen LogP contribution in [0.2, 0.25) is 10.2 Å². The molecule has 0 aliphatic rings. The van der Waals surface area contributed by atoms with Crippen LogP contribution in [-0.2, 0) is 0 Å². The van der Waals surface area contributed by atoms with Gasteiger partial charge >= 0.3 is 0 Å². The highest BCUT2D eigenvalue weighted by molar-refractivity contribution is 6.41. The lowest BCUT2D eigenvalue weighted by Crippen LogP contribution is -1.79. The van der Waals surface area contributed by atoms with Crippen LogP contribution in [0, 0.1) is 6.92 Å². The molecule has 1 rings (SSSR count). The average Bonchev–Trinajstić information content (AvgIpc) is 1.80. The Bertz CT molecular complexity index is 222. The lowest BCUT2D eigenvalue weighted by molar-refractivity contribution is 1.27. The van der Waals surface area contributed by atoms with Gasteiger partial charge < -0.3 is 0 Å². The van der Waals surface area contributed by atoms with Gasteiger partial charge in [-0.05, 0) is 19.1 Å².